The van der Waals surface area contributed by atoms with Gasteiger partial charge in [-0.3, -0.25) is 9.80 Å². The first-order chi connectivity index (χ1) is 7.29. The second kappa shape index (κ2) is 7.24. The molecule has 1 aliphatic heterocycles. The minimum Gasteiger partial charge on any atom is -0.340 e. The summed E-state index contributed by atoms with van der Waals surface area (Å²) in [4.78, 5) is 15.4. The van der Waals surface area contributed by atoms with E-state index >= 15 is 0 Å². The standard InChI is InChI=1S/C9H18N2O2S2/c1-3-14-7-10-5-13-6-11(9(10)12)8-15-4-2/h3-8H2,1-2H3. The fraction of sp³-hybridized carbons (Fsp3) is 0.889. The van der Waals surface area contributed by atoms with Gasteiger partial charge in [0.2, 0.25) is 0 Å². The SMILES string of the molecule is CCSCN1COCN(CSCC)C1=O. The molecule has 0 aromatic carbocycles. The van der Waals surface area contributed by atoms with Crippen molar-refractivity contribution in [2.24, 2.45) is 0 Å². The fourth-order valence-electron chi connectivity index (χ4n) is 1.16. The van der Waals surface area contributed by atoms with Gasteiger partial charge in [0.15, 0.2) is 0 Å². The first-order valence-corrected chi connectivity index (χ1v) is 7.37. The maximum Gasteiger partial charge on any atom is 0.325 e. The zero-order chi connectivity index (χ0) is 11.1. The summed E-state index contributed by atoms with van der Waals surface area (Å²) in [5.41, 5.74) is 0. The number of nitrogens with zero attached hydrogens (tertiary/aromatic N) is 2. The van der Waals surface area contributed by atoms with Crippen molar-refractivity contribution in [3.63, 3.8) is 0 Å². The summed E-state index contributed by atoms with van der Waals surface area (Å²) >= 11 is 3.47. The largest absolute Gasteiger partial charge is 0.340 e. The fourth-order valence-corrected chi connectivity index (χ4v) is 2.34. The zero-order valence-electron chi connectivity index (χ0n) is 9.27. The number of thioether (sulfide) groups is 2. The predicted molar refractivity (Wildman–Crippen MR) is 65.9 cm³/mol. The van der Waals surface area contributed by atoms with Crippen molar-refractivity contribution in [3.05, 3.63) is 0 Å². The number of urea groups is 1. The van der Waals surface area contributed by atoms with Crippen molar-refractivity contribution in [3.8, 4) is 0 Å². The van der Waals surface area contributed by atoms with Gasteiger partial charge in [0.1, 0.15) is 13.5 Å². The molecule has 2 amide bonds. The monoisotopic (exact) mass is 250 g/mol. The number of carbonyl (C=O) groups excluding carboxylic acids is 1. The highest BCUT2D eigenvalue weighted by Gasteiger charge is 2.25. The topological polar surface area (TPSA) is 32.8 Å². The summed E-state index contributed by atoms with van der Waals surface area (Å²) in [6, 6.07) is 0.100. The van der Waals surface area contributed by atoms with E-state index in [1.54, 1.807) is 33.3 Å². The molecule has 0 bridgehead atoms. The molecule has 0 N–H and O–H groups in total. The van der Waals surface area contributed by atoms with Crippen LogP contribution >= 0.6 is 23.5 Å². The van der Waals surface area contributed by atoms with Crippen molar-refractivity contribution >= 4 is 29.6 Å². The number of carbonyl (C=O) groups is 1. The van der Waals surface area contributed by atoms with Crippen LogP contribution in [0.3, 0.4) is 0 Å². The van der Waals surface area contributed by atoms with E-state index in [0.717, 1.165) is 23.3 Å². The Morgan fingerprint density at radius 1 is 1.13 bits per heavy atom. The molecule has 1 saturated heterocycles. The van der Waals surface area contributed by atoms with Gasteiger partial charge in [-0.2, -0.15) is 0 Å². The molecule has 0 saturated carbocycles. The van der Waals surface area contributed by atoms with Gasteiger partial charge in [-0.05, 0) is 11.5 Å². The van der Waals surface area contributed by atoms with E-state index in [0.29, 0.717) is 13.5 Å². The number of rotatable bonds is 6. The molecule has 1 rings (SSSR count). The van der Waals surface area contributed by atoms with Gasteiger partial charge in [0.25, 0.3) is 0 Å². The first-order valence-electron chi connectivity index (χ1n) is 5.06. The molecule has 1 aliphatic rings. The first kappa shape index (κ1) is 13.0. The quantitative estimate of drug-likeness (QED) is 0.722. The summed E-state index contributed by atoms with van der Waals surface area (Å²) in [6.07, 6.45) is 0. The van der Waals surface area contributed by atoms with Crippen LogP contribution in [-0.2, 0) is 4.74 Å². The molecule has 15 heavy (non-hydrogen) atoms. The third-order valence-electron chi connectivity index (χ3n) is 1.94. The number of amides is 2. The van der Waals surface area contributed by atoms with Crippen LogP contribution < -0.4 is 0 Å². The molecular formula is C9H18N2O2S2. The molecule has 0 aliphatic carbocycles. The Hall–Kier alpha value is -0.0700. The molecule has 1 heterocycles. The van der Waals surface area contributed by atoms with E-state index < -0.39 is 0 Å². The van der Waals surface area contributed by atoms with Crippen molar-refractivity contribution in [1.82, 2.24) is 9.80 Å². The number of hydrogen-bond donors (Lipinski definition) is 0. The number of ether oxygens (including phenoxy) is 1. The highest BCUT2D eigenvalue weighted by atomic mass is 32.2. The third kappa shape index (κ3) is 4.12. The van der Waals surface area contributed by atoms with E-state index in [9.17, 15) is 4.79 Å². The van der Waals surface area contributed by atoms with Crippen LogP contribution in [0.1, 0.15) is 13.8 Å². The lowest BCUT2D eigenvalue weighted by atomic mass is 10.7. The average Bonchev–Trinajstić information content (AvgIpc) is 2.26. The van der Waals surface area contributed by atoms with Crippen molar-refractivity contribution in [2.45, 2.75) is 13.8 Å². The lowest BCUT2D eigenvalue weighted by Gasteiger charge is -2.34. The van der Waals surface area contributed by atoms with Gasteiger partial charge < -0.3 is 4.74 Å². The Bertz CT molecular complexity index is 187. The predicted octanol–water partition coefficient (Wildman–Crippen LogP) is 2.08. The summed E-state index contributed by atoms with van der Waals surface area (Å²) in [7, 11) is 0. The summed E-state index contributed by atoms with van der Waals surface area (Å²) in [5.74, 6) is 3.49. The van der Waals surface area contributed by atoms with Crippen LogP contribution in [0.15, 0.2) is 0 Å². The third-order valence-corrected chi connectivity index (χ3v) is 3.74. The summed E-state index contributed by atoms with van der Waals surface area (Å²) in [5, 5.41) is 0. The molecule has 0 aromatic rings. The summed E-state index contributed by atoms with van der Waals surface area (Å²) in [6.45, 7) is 5.04. The van der Waals surface area contributed by atoms with Crippen LogP contribution in [0.2, 0.25) is 0 Å². The van der Waals surface area contributed by atoms with Crippen LogP contribution in [0.4, 0.5) is 4.79 Å². The second-order valence-corrected chi connectivity index (χ2v) is 5.56. The lowest BCUT2D eigenvalue weighted by Crippen LogP contribution is -2.50. The van der Waals surface area contributed by atoms with Gasteiger partial charge >= 0.3 is 6.03 Å². The molecular weight excluding hydrogens is 232 g/mol. The maximum absolute atomic E-state index is 11.9. The summed E-state index contributed by atoms with van der Waals surface area (Å²) < 4.78 is 5.36. The van der Waals surface area contributed by atoms with Crippen molar-refractivity contribution in [2.75, 3.05) is 36.7 Å². The van der Waals surface area contributed by atoms with Gasteiger partial charge in [0.05, 0.1) is 11.8 Å². The Morgan fingerprint density at radius 2 is 1.60 bits per heavy atom. The van der Waals surface area contributed by atoms with E-state index in [-0.39, 0.29) is 6.03 Å². The van der Waals surface area contributed by atoms with Gasteiger partial charge in [-0.25, -0.2) is 4.79 Å². The van der Waals surface area contributed by atoms with E-state index in [1.165, 1.54) is 0 Å². The van der Waals surface area contributed by atoms with Gasteiger partial charge in [0, 0.05) is 0 Å². The number of hydrogen-bond acceptors (Lipinski definition) is 4. The molecule has 0 spiro atoms. The molecule has 0 aromatic heterocycles. The molecule has 0 radical (unpaired) electrons. The normalized spacial score (nSPS) is 17.3. The molecule has 6 heteroatoms. The van der Waals surface area contributed by atoms with Crippen molar-refractivity contribution in [1.29, 1.82) is 0 Å². The molecule has 1 fully saturated rings. The molecule has 4 nitrogen and oxygen atoms in total. The van der Waals surface area contributed by atoms with Crippen LogP contribution in [-0.4, -0.2) is 52.6 Å². The minimum atomic E-state index is 0.100. The molecule has 88 valence electrons. The van der Waals surface area contributed by atoms with Crippen LogP contribution in [0.5, 0.6) is 0 Å². The van der Waals surface area contributed by atoms with Crippen molar-refractivity contribution < 1.29 is 9.53 Å². The van der Waals surface area contributed by atoms with Gasteiger partial charge in [-0.1, -0.05) is 13.8 Å². The van der Waals surface area contributed by atoms with E-state index in [1.807, 2.05) is 0 Å². The Labute approximate surface area is 99.7 Å². The zero-order valence-corrected chi connectivity index (χ0v) is 10.9. The Kier molecular flexibility index (Phi) is 6.28. The smallest absolute Gasteiger partial charge is 0.325 e. The Balaban J connectivity index is 2.36. The second-order valence-electron chi connectivity index (χ2n) is 3.07. The minimum absolute atomic E-state index is 0.100. The lowest BCUT2D eigenvalue weighted by molar-refractivity contribution is -0.0384. The molecule has 0 atom stereocenters. The van der Waals surface area contributed by atoms with Crippen LogP contribution in [0.25, 0.3) is 0 Å². The molecule has 0 unspecified atom stereocenters. The average molecular weight is 250 g/mol. The highest BCUT2D eigenvalue weighted by Crippen LogP contribution is 2.14. The van der Waals surface area contributed by atoms with E-state index in [4.69, 9.17) is 4.74 Å². The van der Waals surface area contributed by atoms with Crippen LogP contribution in [0, 0.1) is 0 Å². The van der Waals surface area contributed by atoms with E-state index in [2.05, 4.69) is 13.8 Å². The Morgan fingerprint density at radius 3 is 2.00 bits per heavy atom. The van der Waals surface area contributed by atoms with Gasteiger partial charge in [-0.15, -0.1) is 23.5 Å². The highest BCUT2D eigenvalue weighted by molar-refractivity contribution is 7.99. The maximum atomic E-state index is 11.9.